The van der Waals surface area contributed by atoms with Crippen molar-refractivity contribution in [2.24, 2.45) is 11.8 Å². The van der Waals surface area contributed by atoms with Crippen molar-refractivity contribution in [3.63, 3.8) is 0 Å². The first-order valence-electron chi connectivity index (χ1n) is 7.23. The minimum Gasteiger partial charge on any atom is -0.312 e. The Morgan fingerprint density at radius 3 is 1.79 bits per heavy atom. The average Bonchev–Trinajstić information content (AvgIpc) is 2.12. The second-order valence-corrected chi connectivity index (χ2v) is 10.7. The number of hydrogen-bond acceptors (Lipinski definition) is 3. The van der Waals surface area contributed by atoms with Crippen LogP contribution >= 0.6 is 0 Å². The van der Waals surface area contributed by atoms with Crippen LogP contribution in [0.3, 0.4) is 0 Å². The van der Waals surface area contributed by atoms with E-state index in [4.69, 9.17) is 0 Å². The highest BCUT2D eigenvalue weighted by atomic mass is 32.2. The van der Waals surface area contributed by atoms with Gasteiger partial charge in [-0.2, -0.15) is 0 Å². The summed E-state index contributed by atoms with van der Waals surface area (Å²) in [5.41, 5.74) is 0.0794. The Labute approximate surface area is 120 Å². The first kappa shape index (κ1) is 18.9. The van der Waals surface area contributed by atoms with Gasteiger partial charge in [0, 0.05) is 5.54 Å². The zero-order valence-electron chi connectivity index (χ0n) is 14.0. The fourth-order valence-corrected chi connectivity index (χ4v) is 2.95. The fourth-order valence-electron chi connectivity index (χ4n) is 1.72. The Balaban J connectivity index is 4.55. The molecule has 0 amide bonds. The van der Waals surface area contributed by atoms with E-state index in [1.165, 1.54) is 0 Å². The molecule has 0 saturated carbocycles. The smallest absolute Gasteiger partial charge is 0.155 e. The molecular weight excluding hydrogens is 258 g/mol. The Bertz CT molecular complexity index is 359. The SMILES string of the molecule is CC(C)C(CCS(=O)(=O)C(C)(C)C)CNC(C)(C)C. The van der Waals surface area contributed by atoms with Gasteiger partial charge in [0.2, 0.25) is 0 Å². The molecule has 0 fully saturated rings. The van der Waals surface area contributed by atoms with Crippen LogP contribution in [0.2, 0.25) is 0 Å². The maximum atomic E-state index is 12.2. The molecule has 0 aromatic heterocycles. The monoisotopic (exact) mass is 291 g/mol. The van der Waals surface area contributed by atoms with Crippen molar-refractivity contribution in [1.29, 1.82) is 0 Å². The number of rotatable bonds is 6. The van der Waals surface area contributed by atoms with Crippen molar-refractivity contribution in [1.82, 2.24) is 5.32 Å². The number of hydrogen-bond donors (Lipinski definition) is 1. The Hall–Kier alpha value is -0.0900. The minimum atomic E-state index is -3.01. The molecular formula is C15H33NO2S. The second-order valence-electron chi connectivity index (χ2n) is 7.85. The summed E-state index contributed by atoms with van der Waals surface area (Å²) in [6.45, 7) is 16.9. The van der Waals surface area contributed by atoms with Gasteiger partial charge in [-0.1, -0.05) is 13.8 Å². The quantitative estimate of drug-likeness (QED) is 0.817. The number of nitrogens with one attached hydrogen (secondary N) is 1. The molecule has 0 aliphatic heterocycles. The molecule has 19 heavy (non-hydrogen) atoms. The summed E-state index contributed by atoms with van der Waals surface area (Å²) in [6.07, 6.45) is 0.736. The fraction of sp³-hybridized carbons (Fsp3) is 1.00. The van der Waals surface area contributed by atoms with Gasteiger partial charge in [0.1, 0.15) is 0 Å². The van der Waals surface area contributed by atoms with E-state index >= 15 is 0 Å². The van der Waals surface area contributed by atoms with E-state index in [1.807, 2.05) is 0 Å². The summed E-state index contributed by atoms with van der Waals surface area (Å²) in [5.74, 6) is 1.17. The molecule has 0 aliphatic rings. The van der Waals surface area contributed by atoms with Gasteiger partial charge in [0.05, 0.1) is 10.5 Å². The maximum absolute atomic E-state index is 12.2. The van der Waals surface area contributed by atoms with Crippen LogP contribution in [0.25, 0.3) is 0 Å². The molecule has 0 rings (SSSR count). The topological polar surface area (TPSA) is 46.2 Å². The molecule has 1 N–H and O–H groups in total. The van der Waals surface area contributed by atoms with Crippen LogP contribution in [0, 0.1) is 11.8 Å². The third-order valence-corrected chi connectivity index (χ3v) is 6.17. The van der Waals surface area contributed by atoms with E-state index < -0.39 is 14.6 Å². The van der Waals surface area contributed by atoms with E-state index in [0.717, 1.165) is 13.0 Å². The number of sulfone groups is 1. The largest absolute Gasteiger partial charge is 0.312 e. The molecule has 1 atom stereocenters. The molecule has 0 aromatic rings. The van der Waals surface area contributed by atoms with Gasteiger partial charge in [-0.05, 0) is 66.3 Å². The second kappa shape index (κ2) is 6.57. The van der Waals surface area contributed by atoms with Crippen LogP contribution in [-0.2, 0) is 9.84 Å². The van der Waals surface area contributed by atoms with Crippen molar-refractivity contribution in [3.8, 4) is 0 Å². The summed E-state index contributed by atoms with van der Waals surface area (Å²) < 4.78 is 23.7. The Morgan fingerprint density at radius 1 is 1.00 bits per heavy atom. The molecule has 0 aliphatic carbocycles. The van der Waals surface area contributed by atoms with E-state index in [0.29, 0.717) is 11.8 Å². The lowest BCUT2D eigenvalue weighted by Crippen LogP contribution is -2.41. The standard InChI is InChI=1S/C15H33NO2S/c1-12(2)13(11-16-14(3,4)5)9-10-19(17,18)15(6,7)8/h12-13,16H,9-11H2,1-8H3. The van der Waals surface area contributed by atoms with Gasteiger partial charge in [0.15, 0.2) is 9.84 Å². The molecule has 1 unspecified atom stereocenters. The summed E-state index contributed by atoms with van der Waals surface area (Å²) in [5, 5.41) is 3.48. The summed E-state index contributed by atoms with van der Waals surface area (Å²) in [6, 6.07) is 0. The molecule has 0 spiro atoms. The molecule has 0 radical (unpaired) electrons. The highest BCUT2D eigenvalue weighted by Gasteiger charge is 2.30. The maximum Gasteiger partial charge on any atom is 0.155 e. The van der Waals surface area contributed by atoms with Crippen LogP contribution in [0.1, 0.15) is 61.8 Å². The van der Waals surface area contributed by atoms with E-state index in [-0.39, 0.29) is 11.3 Å². The zero-order valence-corrected chi connectivity index (χ0v) is 14.8. The molecule has 116 valence electrons. The highest BCUT2D eigenvalue weighted by molar-refractivity contribution is 7.92. The van der Waals surface area contributed by atoms with E-state index in [9.17, 15) is 8.42 Å². The van der Waals surface area contributed by atoms with E-state index in [2.05, 4.69) is 39.9 Å². The molecule has 0 aromatic carbocycles. The van der Waals surface area contributed by atoms with Crippen LogP contribution < -0.4 is 5.32 Å². The normalized spacial score (nSPS) is 15.8. The highest BCUT2D eigenvalue weighted by Crippen LogP contribution is 2.22. The van der Waals surface area contributed by atoms with Gasteiger partial charge in [-0.15, -0.1) is 0 Å². The lowest BCUT2D eigenvalue weighted by atomic mass is 9.92. The predicted molar refractivity (Wildman–Crippen MR) is 84.2 cm³/mol. The summed E-state index contributed by atoms with van der Waals surface area (Å²) in [4.78, 5) is 0. The summed E-state index contributed by atoms with van der Waals surface area (Å²) in [7, 11) is -3.01. The minimum absolute atomic E-state index is 0.0794. The molecule has 0 bridgehead atoms. The van der Waals surface area contributed by atoms with Crippen molar-refractivity contribution in [2.75, 3.05) is 12.3 Å². The van der Waals surface area contributed by atoms with Crippen LogP contribution in [0.4, 0.5) is 0 Å². The van der Waals surface area contributed by atoms with Crippen molar-refractivity contribution in [3.05, 3.63) is 0 Å². The van der Waals surface area contributed by atoms with Gasteiger partial charge >= 0.3 is 0 Å². The Morgan fingerprint density at radius 2 is 1.47 bits per heavy atom. The van der Waals surface area contributed by atoms with Crippen molar-refractivity contribution < 1.29 is 8.42 Å². The lowest BCUT2D eigenvalue weighted by Gasteiger charge is -2.28. The van der Waals surface area contributed by atoms with Gasteiger partial charge in [0.25, 0.3) is 0 Å². The van der Waals surface area contributed by atoms with E-state index in [1.54, 1.807) is 20.8 Å². The molecule has 4 heteroatoms. The lowest BCUT2D eigenvalue weighted by molar-refractivity contribution is 0.307. The average molecular weight is 292 g/mol. The van der Waals surface area contributed by atoms with Gasteiger partial charge in [-0.25, -0.2) is 8.42 Å². The molecule has 3 nitrogen and oxygen atoms in total. The van der Waals surface area contributed by atoms with Crippen LogP contribution in [-0.4, -0.2) is 31.0 Å². The molecule has 0 heterocycles. The molecule has 0 saturated heterocycles. The Kier molecular flexibility index (Phi) is 6.54. The van der Waals surface area contributed by atoms with Gasteiger partial charge < -0.3 is 5.32 Å². The first-order chi connectivity index (χ1) is 8.26. The third kappa shape index (κ3) is 7.31. The summed E-state index contributed by atoms with van der Waals surface area (Å²) >= 11 is 0. The zero-order chi connectivity index (χ0) is 15.5. The first-order valence-corrected chi connectivity index (χ1v) is 8.89. The predicted octanol–water partition coefficient (Wildman–Crippen LogP) is 3.25. The van der Waals surface area contributed by atoms with Crippen LogP contribution in [0.5, 0.6) is 0 Å². The van der Waals surface area contributed by atoms with Crippen LogP contribution in [0.15, 0.2) is 0 Å². The third-order valence-electron chi connectivity index (χ3n) is 3.53. The van der Waals surface area contributed by atoms with Crippen molar-refractivity contribution >= 4 is 9.84 Å². The van der Waals surface area contributed by atoms with Gasteiger partial charge in [-0.3, -0.25) is 0 Å². The van der Waals surface area contributed by atoms with Crippen molar-refractivity contribution in [2.45, 2.75) is 72.1 Å².